The molecule has 1 aliphatic rings. The van der Waals surface area contributed by atoms with Gasteiger partial charge in [-0.1, -0.05) is 0 Å². The van der Waals surface area contributed by atoms with E-state index in [0.717, 1.165) is 38.6 Å². The van der Waals surface area contributed by atoms with Crippen LogP contribution in [0.3, 0.4) is 0 Å². The average Bonchev–Trinajstić information content (AvgIpc) is 2.30. The third-order valence-corrected chi connectivity index (χ3v) is 3.38. The molecular formula is C12H28N4. The van der Waals surface area contributed by atoms with Crippen LogP contribution in [0.25, 0.3) is 0 Å². The van der Waals surface area contributed by atoms with E-state index in [-0.39, 0.29) is 0 Å². The highest BCUT2D eigenvalue weighted by molar-refractivity contribution is 4.70. The first-order valence-electron chi connectivity index (χ1n) is 6.63. The van der Waals surface area contributed by atoms with Crippen LogP contribution < -0.4 is 16.4 Å². The normalized spacial score (nSPS) is 19.1. The molecule has 96 valence electrons. The predicted octanol–water partition coefficient (Wildman–Crippen LogP) is 0.204. The lowest BCUT2D eigenvalue weighted by Crippen LogP contribution is -2.34. The van der Waals surface area contributed by atoms with Crippen LogP contribution in [0.1, 0.15) is 25.7 Å². The Morgan fingerprint density at radius 2 is 1.88 bits per heavy atom. The van der Waals surface area contributed by atoms with Gasteiger partial charge in [-0.15, -0.1) is 0 Å². The number of piperidine rings is 1. The minimum atomic E-state index is 0.780. The molecule has 0 aromatic rings. The van der Waals surface area contributed by atoms with Crippen LogP contribution in [0.2, 0.25) is 0 Å². The molecule has 1 fully saturated rings. The highest BCUT2D eigenvalue weighted by atomic mass is 15.1. The van der Waals surface area contributed by atoms with Gasteiger partial charge >= 0.3 is 0 Å². The predicted molar refractivity (Wildman–Crippen MR) is 69.4 cm³/mol. The number of likely N-dealkylation sites (tertiary alicyclic amines) is 1. The van der Waals surface area contributed by atoms with Crippen molar-refractivity contribution in [1.29, 1.82) is 0 Å². The van der Waals surface area contributed by atoms with Crippen LogP contribution in [0.5, 0.6) is 0 Å². The molecule has 16 heavy (non-hydrogen) atoms. The summed E-state index contributed by atoms with van der Waals surface area (Å²) in [5.74, 6) is 0.938. The Kier molecular flexibility index (Phi) is 7.76. The van der Waals surface area contributed by atoms with Crippen LogP contribution in [0.15, 0.2) is 0 Å². The van der Waals surface area contributed by atoms with Gasteiger partial charge in [0.2, 0.25) is 0 Å². The highest BCUT2D eigenvalue weighted by Crippen LogP contribution is 2.18. The van der Waals surface area contributed by atoms with E-state index in [2.05, 4.69) is 22.6 Å². The van der Waals surface area contributed by atoms with Gasteiger partial charge in [0.05, 0.1) is 0 Å². The van der Waals surface area contributed by atoms with E-state index in [4.69, 9.17) is 5.73 Å². The molecule has 0 spiro atoms. The summed E-state index contributed by atoms with van der Waals surface area (Å²) in [5.41, 5.74) is 5.41. The van der Waals surface area contributed by atoms with Crippen molar-refractivity contribution < 1.29 is 0 Å². The highest BCUT2D eigenvalue weighted by Gasteiger charge is 2.15. The Labute approximate surface area is 99.9 Å². The number of nitrogens with zero attached hydrogens (tertiary/aromatic N) is 1. The molecule has 0 radical (unpaired) electrons. The van der Waals surface area contributed by atoms with Crippen molar-refractivity contribution in [2.24, 2.45) is 11.7 Å². The van der Waals surface area contributed by atoms with Crippen molar-refractivity contribution in [1.82, 2.24) is 15.5 Å². The van der Waals surface area contributed by atoms with Crippen LogP contribution in [0.4, 0.5) is 0 Å². The lowest BCUT2D eigenvalue weighted by Gasteiger charge is -2.28. The van der Waals surface area contributed by atoms with Crippen molar-refractivity contribution in [2.45, 2.75) is 25.7 Å². The molecule has 0 unspecified atom stereocenters. The minimum absolute atomic E-state index is 0.780. The zero-order valence-electron chi connectivity index (χ0n) is 10.7. The van der Waals surface area contributed by atoms with E-state index in [1.165, 1.54) is 32.4 Å². The number of rotatable bonds is 8. The molecule has 0 amide bonds. The van der Waals surface area contributed by atoms with Crippen LogP contribution >= 0.6 is 0 Å². The lowest BCUT2D eigenvalue weighted by molar-refractivity contribution is 0.211. The summed E-state index contributed by atoms with van der Waals surface area (Å²) >= 11 is 0. The third-order valence-electron chi connectivity index (χ3n) is 3.38. The summed E-state index contributed by atoms with van der Waals surface area (Å²) in [6.07, 6.45) is 5.14. The maximum Gasteiger partial charge on any atom is 0.0454 e. The molecule has 0 atom stereocenters. The second-order valence-corrected chi connectivity index (χ2v) is 4.85. The molecule has 1 saturated heterocycles. The summed E-state index contributed by atoms with van der Waals surface area (Å²) in [5, 5.41) is 6.77. The van der Waals surface area contributed by atoms with Gasteiger partial charge in [0.15, 0.2) is 0 Å². The Morgan fingerprint density at radius 3 is 2.56 bits per heavy atom. The van der Waals surface area contributed by atoms with E-state index >= 15 is 0 Å². The van der Waals surface area contributed by atoms with Crippen molar-refractivity contribution in [3.63, 3.8) is 0 Å². The number of nitrogens with one attached hydrogen (secondary N) is 2. The van der Waals surface area contributed by atoms with Gasteiger partial charge in [-0.05, 0) is 71.4 Å². The molecule has 0 aromatic carbocycles. The molecule has 0 saturated carbocycles. The fourth-order valence-electron chi connectivity index (χ4n) is 2.15. The Balaban J connectivity index is 1.84. The number of hydrogen-bond donors (Lipinski definition) is 3. The zero-order chi connectivity index (χ0) is 11.6. The third kappa shape index (κ3) is 6.43. The number of hydrogen-bond acceptors (Lipinski definition) is 4. The van der Waals surface area contributed by atoms with Crippen LogP contribution in [-0.4, -0.2) is 51.3 Å². The quantitative estimate of drug-likeness (QED) is 0.410. The largest absolute Gasteiger partial charge is 0.330 e. The van der Waals surface area contributed by atoms with E-state index in [1.807, 2.05) is 0 Å². The summed E-state index contributed by atoms with van der Waals surface area (Å²) in [6, 6.07) is 0. The average molecular weight is 228 g/mol. The first kappa shape index (κ1) is 13.9. The van der Waals surface area contributed by atoms with Gasteiger partial charge in [0, 0.05) is 6.67 Å². The van der Waals surface area contributed by atoms with Gasteiger partial charge in [-0.2, -0.15) is 0 Å². The molecule has 0 aliphatic carbocycles. The van der Waals surface area contributed by atoms with Crippen molar-refractivity contribution in [3.8, 4) is 0 Å². The van der Waals surface area contributed by atoms with E-state index in [9.17, 15) is 0 Å². The van der Waals surface area contributed by atoms with E-state index in [0.29, 0.717) is 0 Å². The molecule has 1 heterocycles. The topological polar surface area (TPSA) is 53.3 Å². The SMILES string of the molecule is CN1CCC(CCNCNCCCN)CC1. The second-order valence-electron chi connectivity index (χ2n) is 4.85. The maximum absolute atomic E-state index is 5.41. The fourth-order valence-corrected chi connectivity index (χ4v) is 2.15. The number of nitrogens with two attached hydrogens (primary N) is 1. The Bertz CT molecular complexity index is 155. The fraction of sp³-hybridized carbons (Fsp3) is 1.00. The summed E-state index contributed by atoms with van der Waals surface area (Å²) < 4.78 is 0. The van der Waals surface area contributed by atoms with Crippen LogP contribution in [0, 0.1) is 5.92 Å². The van der Waals surface area contributed by atoms with Crippen molar-refractivity contribution in [3.05, 3.63) is 0 Å². The van der Waals surface area contributed by atoms with E-state index in [1.54, 1.807) is 0 Å². The van der Waals surface area contributed by atoms with Gasteiger partial charge in [0.25, 0.3) is 0 Å². The van der Waals surface area contributed by atoms with E-state index < -0.39 is 0 Å². The smallest absolute Gasteiger partial charge is 0.0454 e. The molecule has 4 N–H and O–H groups in total. The molecule has 0 bridgehead atoms. The minimum Gasteiger partial charge on any atom is -0.330 e. The van der Waals surface area contributed by atoms with Gasteiger partial charge in [-0.3, -0.25) is 0 Å². The van der Waals surface area contributed by atoms with Gasteiger partial charge in [-0.25, -0.2) is 0 Å². The Morgan fingerprint density at radius 1 is 1.19 bits per heavy atom. The monoisotopic (exact) mass is 228 g/mol. The standard InChI is InChI=1S/C12H28N4/c1-16-9-4-12(5-10-16)3-8-15-11-14-7-2-6-13/h12,14-15H,2-11,13H2,1H3. The first-order chi connectivity index (χ1) is 7.83. The van der Waals surface area contributed by atoms with Gasteiger partial charge < -0.3 is 21.3 Å². The second kappa shape index (κ2) is 8.93. The molecule has 4 nitrogen and oxygen atoms in total. The zero-order valence-corrected chi connectivity index (χ0v) is 10.7. The molecule has 1 aliphatic heterocycles. The maximum atomic E-state index is 5.41. The molecule has 1 rings (SSSR count). The lowest BCUT2D eigenvalue weighted by atomic mass is 9.94. The Hall–Kier alpha value is -0.160. The van der Waals surface area contributed by atoms with Crippen molar-refractivity contribution >= 4 is 0 Å². The van der Waals surface area contributed by atoms with Crippen molar-refractivity contribution in [2.75, 3.05) is 46.4 Å². The first-order valence-corrected chi connectivity index (χ1v) is 6.63. The summed E-state index contributed by atoms with van der Waals surface area (Å²) in [4.78, 5) is 2.43. The van der Waals surface area contributed by atoms with Crippen LogP contribution in [-0.2, 0) is 0 Å². The summed E-state index contributed by atoms with van der Waals surface area (Å²) in [6.45, 7) is 6.43. The summed E-state index contributed by atoms with van der Waals surface area (Å²) in [7, 11) is 2.22. The molecule has 4 heteroatoms. The molecular weight excluding hydrogens is 200 g/mol. The van der Waals surface area contributed by atoms with Gasteiger partial charge in [0.1, 0.15) is 0 Å². The molecule has 0 aromatic heterocycles.